The lowest BCUT2D eigenvalue weighted by molar-refractivity contribution is 0.0125. The fraction of sp³-hybridized carbons (Fsp3) is 0.400. The zero-order chi connectivity index (χ0) is 13.5. The fourth-order valence-corrected chi connectivity index (χ4v) is 1.30. The molecule has 0 amide bonds. The van der Waals surface area contributed by atoms with Gasteiger partial charge in [-0.25, -0.2) is 4.79 Å². The number of aliphatic hydroxyl groups excluding tert-OH is 2. The van der Waals surface area contributed by atoms with Crippen LogP contribution in [0.15, 0.2) is 23.4 Å². The van der Waals surface area contributed by atoms with Crippen LogP contribution in [-0.4, -0.2) is 38.9 Å². The molecule has 0 bridgehead atoms. The first kappa shape index (κ1) is 13.9. The van der Waals surface area contributed by atoms with E-state index in [-0.39, 0.29) is 24.2 Å². The standard InChI is InChI=1S/C10H12N4O4/c11-14-13-4-3-8(15)9(16)7-2-1-6(5-12-7)10(17)18/h1-2,5,8-9,15-16H,3-4H2,(H,17,18). The van der Waals surface area contributed by atoms with E-state index < -0.39 is 18.2 Å². The molecule has 3 N–H and O–H groups in total. The summed E-state index contributed by atoms with van der Waals surface area (Å²) in [6.45, 7) is 0.0575. The van der Waals surface area contributed by atoms with Crippen molar-refractivity contribution in [3.63, 3.8) is 0 Å². The van der Waals surface area contributed by atoms with Crippen molar-refractivity contribution in [1.82, 2.24) is 4.98 Å². The number of carboxylic acids is 1. The molecule has 0 saturated heterocycles. The minimum absolute atomic E-state index is 0.00507. The molecular formula is C10H12N4O4. The number of carboxylic acid groups (broad SMARTS) is 1. The predicted octanol–water partition coefficient (Wildman–Crippen LogP) is 0.875. The van der Waals surface area contributed by atoms with E-state index in [0.29, 0.717) is 0 Å². The molecule has 0 aliphatic heterocycles. The molecule has 1 heterocycles. The van der Waals surface area contributed by atoms with Crippen molar-refractivity contribution >= 4 is 5.97 Å². The molecule has 0 fully saturated rings. The van der Waals surface area contributed by atoms with Crippen LogP contribution in [0, 0.1) is 0 Å². The topological polar surface area (TPSA) is 139 Å². The number of hydrogen-bond donors (Lipinski definition) is 3. The molecule has 2 atom stereocenters. The van der Waals surface area contributed by atoms with Gasteiger partial charge in [0.05, 0.1) is 17.4 Å². The predicted molar refractivity (Wildman–Crippen MR) is 60.8 cm³/mol. The van der Waals surface area contributed by atoms with Crippen molar-refractivity contribution in [2.24, 2.45) is 5.11 Å². The average molecular weight is 252 g/mol. The van der Waals surface area contributed by atoms with Crippen molar-refractivity contribution in [1.29, 1.82) is 0 Å². The summed E-state index contributed by atoms with van der Waals surface area (Å²) in [6, 6.07) is 2.61. The van der Waals surface area contributed by atoms with Gasteiger partial charge >= 0.3 is 5.97 Å². The first-order valence-corrected chi connectivity index (χ1v) is 5.12. The van der Waals surface area contributed by atoms with Gasteiger partial charge in [-0.15, -0.1) is 0 Å². The maximum Gasteiger partial charge on any atom is 0.337 e. The van der Waals surface area contributed by atoms with Crippen LogP contribution in [0.25, 0.3) is 10.4 Å². The maximum absolute atomic E-state index is 10.6. The SMILES string of the molecule is [N-]=[N+]=NCCC(O)C(O)c1ccc(C(=O)O)cn1. The van der Waals surface area contributed by atoms with E-state index >= 15 is 0 Å². The third kappa shape index (κ3) is 3.70. The van der Waals surface area contributed by atoms with Crippen molar-refractivity contribution in [3.8, 4) is 0 Å². The van der Waals surface area contributed by atoms with Crippen LogP contribution in [0.5, 0.6) is 0 Å². The Balaban J connectivity index is 2.68. The first-order chi connectivity index (χ1) is 8.56. The maximum atomic E-state index is 10.6. The number of nitrogens with zero attached hydrogens (tertiary/aromatic N) is 4. The van der Waals surface area contributed by atoms with Gasteiger partial charge in [-0.05, 0) is 24.1 Å². The Bertz CT molecular complexity index is 455. The molecule has 0 aromatic carbocycles. The zero-order valence-corrected chi connectivity index (χ0v) is 9.34. The first-order valence-electron chi connectivity index (χ1n) is 5.12. The molecule has 0 aliphatic carbocycles. The van der Waals surface area contributed by atoms with Crippen LogP contribution in [0.2, 0.25) is 0 Å². The van der Waals surface area contributed by atoms with Gasteiger partial charge in [-0.2, -0.15) is 0 Å². The van der Waals surface area contributed by atoms with Gasteiger partial charge in [-0.1, -0.05) is 5.11 Å². The molecule has 0 aliphatic rings. The summed E-state index contributed by atoms with van der Waals surface area (Å²) >= 11 is 0. The number of carbonyl (C=O) groups is 1. The van der Waals surface area contributed by atoms with Gasteiger partial charge in [0, 0.05) is 17.7 Å². The second kappa shape index (κ2) is 6.55. The molecular weight excluding hydrogens is 240 g/mol. The monoisotopic (exact) mass is 252 g/mol. The lowest BCUT2D eigenvalue weighted by Crippen LogP contribution is -2.20. The normalized spacial score (nSPS) is 13.4. The van der Waals surface area contributed by atoms with Gasteiger partial charge in [0.25, 0.3) is 0 Å². The molecule has 8 heteroatoms. The third-order valence-corrected chi connectivity index (χ3v) is 2.29. The number of aliphatic hydroxyl groups is 2. The summed E-state index contributed by atoms with van der Waals surface area (Å²) in [6.07, 6.45) is -1.19. The van der Waals surface area contributed by atoms with Gasteiger partial charge < -0.3 is 15.3 Å². The van der Waals surface area contributed by atoms with Crippen LogP contribution in [-0.2, 0) is 0 Å². The fourth-order valence-electron chi connectivity index (χ4n) is 1.30. The molecule has 1 aromatic rings. The highest BCUT2D eigenvalue weighted by molar-refractivity contribution is 5.87. The Morgan fingerprint density at radius 2 is 2.22 bits per heavy atom. The van der Waals surface area contributed by atoms with E-state index in [9.17, 15) is 15.0 Å². The average Bonchev–Trinajstić information content (AvgIpc) is 2.38. The van der Waals surface area contributed by atoms with Crippen LogP contribution in [0.4, 0.5) is 0 Å². The quantitative estimate of drug-likeness (QED) is 0.391. The zero-order valence-electron chi connectivity index (χ0n) is 9.34. The number of aromatic nitrogens is 1. The van der Waals surface area contributed by atoms with Gasteiger partial charge in [0.1, 0.15) is 6.10 Å². The molecule has 0 radical (unpaired) electrons. The van der Waals surface area contributed by atoms with Crippen LogP contribution in [0.3, 0.4) is 0 Å². The summed E-state index contributed by atoms with van der Waals surface area (Å²) in [5.74, 6) is -1.12. The highest BCUT2D eigenvalue weighted by Gasteiger charge is 2.19. The highest BCUT2D eigenvalue weighted by atomic mass is 16.4. The second-order valence-electron chi connectivity index (χ2n) is 3.53. The number of azide groups is 1. The lowest BCUT2D eigenvalue weighted by atomic mass is 10.1. The summed E-state index contributed by atoms with van der Waals surface area (Å²) in [5, 5.41) is 31.2. The van der Waals surface area contributed by atoms with Crippen LogP contribution < -0.4 is 0 Å². The van der Waals surface area contributed by atoms with Crippen molar-refractivity contribution < 1.29 is 20.1 Å². The number of aromatic carboxylic acids is 1. The van der Waals surface area contributed by atoms with E-state index in [4.69, 9.17) is 10.6 Å². The van der Waals surface area contributed by atoms with Crippen molar-refractivity contribution in [2.75, 3.05) is 6.54 Å². The van der Waals surface area contributed by atoms with Crippen LogP contribution in [0.1, 0.15) is 28.6 Å². The summed E-state index contributed by atoms with van der Waals surface area (Å²) in [4.78, 5) is 16.9. The summed E-state index contributed by atoms with van der Waals surface area (Å²) in [5.41, 5.74) is 8.22. The van der Waals surface area contributed by atoms with E-state index in [1.54, 1.807) is 0 Å². The van der Waals surface area contributed by atoms with E-state index in [2.05, 4.69) is 15.0 Å². The van der Waals surface area contributed by atoms with E-state index in [1.807, 2.05) is 0 Å². The second-order valence-corrected chi connectivity index (χ2v) is 3.53. The smallest absolute Gasteiger partial charge is 0.337 e. The Labute approximate surface area is 102 Å². The third-order valence-electron chi connectivity index (χ3n) is 2.29. The Kier molecular flexibility index (Phi) is 5.06. The van der Waals surface area contributed by atoms with E-state index in [0.717, 1.165) is 6.20 Å². The largest absolute Gasteiger partial charge is 0.478 e. The molecule has 2 unspecified atom stereocenters. The summed E-state index contributed by atoms with van der Waals surface area (Å²) < 4.78 is 0. The molecule has 0 saturated carbocycles. The Morgan fingerprint density at radius 3 is 2.72 bits per heavy atom. The molecule has 0 spiro atoms. The van der Waals surface area contributed by atoms with E-state index in [1.165, 1.54) is 12.1 Å². The Morgan fingerprint density at radius 1 is 1.50 bits per heavy atom. The van der Waals surface area contributed by atoms with Crippen molar-refractivity contribution in [2.45, 2.75) is 18.6 Å². The number of rotatable bonds is 6. The van der Waals surface area contributed by atoms with Gasteiger partial charge in [0.2, 0.25) is 0 Å². The molecule has 96 valence electrons. The van der Waals surface area contributed by atoms with Crippen LogP contribution >= 0.6 is 0 Å². The molecule has 1 aromatic heterocycles. The molecule has 18 heavy (non-hydrogen) atoms. The van der Waals surface area contributed by atoms with Gasteiger partial charge in [-0.3, -0.25) is 4.98 Å². The number of hydrogen-bond acceptors (Lipinski definition) is 5. The molecule has 1 rings (SSSR count). The molecule has 8 nitrogen and oxygen atoms in total. The minimum Gasteiger partial charge on any atom is -0.478 e. The van der Waals surface area contributed by atoms with Crippen molar-refractivity contribution in [3.05, 3.63) is 40.0 Å². The minimum atomic E-state index is -1.25. The lowest BCUT2D eigenvalue weighted by Gasteiger charge is -2.16. The highest BCUT2D eigenvalue weighted by Crippen LogP contribution is 2.17. The summed E-state index contributed by atoms with van der Waals surface area (Å²) in [7, 11) is 0. The van der Waals surface area contributed by atoms with Gasteiger partial charge in [0.15, 0.2) is 0 Å². The Hall–Kier alpha value is -2.15. The number of pyridine rings is 1.